The van der Waals surface area contributed by atoms with Crippen molar-refractivity contribution in [2.45, 2.75) is 12.8 Å². The number of carbonyl (C=O) groups is 2. The number of methoxy groups -OCH3 is 1. The quantitative estimate of drug-likeness (QED) is 0.571. The maximum atomic E-state index is 12.8. The van der Waals surface area contributed by atoms with Gasteiger partial charge in [-0.2, -0.15) is 0 Å². The first-order chi connectivity index (χ1) is 12.1. The number of rotatable bonds is 8. The highest BCUT2D eigenvalue weighted by Crippen LogP contribution is 2.10. The molecule has 0 aliphatic rings. The first kappa shape index (κ1) is 18.6. The molecule has 25 heavy (non-hydrogen) atoms. The molecule has 2 rings (SSSR count). The molecule has 0 saturated heterocycles. The van der Waals surface area contributed by atoms with E-state index in [4.69, 9.17) is 0 Å². The molecule has 0 saturated carbocycles. The molecule has 2 aromatic carbocycles. The van der Waals surface area contributed by atoms with Crippen molar-refractivity contribution in [2.75, 3.05) is 25.5 Å². The summed E-state index contributed by atoms with van der Waals surface area (Å²) in [6.07, 6.45) is 1.11. The van der Waals surface area contributed by atoms with Crippen molar-refractivity contribution < 1.29 is 18.7 Å². The third kappa shape index (κ3) is 6.35. The van der Waals surface area contributed by atoms with Gasteiger partial charge in [0.05, 0.1) is 12.7 Å². The van der Waals surface area contributed by atoms with Crippen LogP contribution in [0, 0.1) is 5.82 Å². The Balaban J connectivity index is 1.65. The van der Waals surface area contributed by atoms with Gasteiger partial charge in [0.2, 0.25) is 5.91 Å². The second-order valence-corrected chi connectivity index (χ2v) is 5.49. The van der Waals surface area contributed by atoms with Crippen molar-refractivity contribution in [3.05, 3.63) is 65.5 Å². The highest BCUT2D eigenvalue weighted by atomic mass is 19.1. The summed E-state index contributed by atoms with van der Waals surface area (Å²) < 4.78 is 17.4. The van der Waals surface area contributed by atoms with Crippen molar-refractivity contribution in [1.29, 1.82) is 0 Å². The summed E-state index contributed by atoms with van der Waals surface area (Å²) in [7, 11) is 1.32. The molecule has 132 valence electrons. The van der Waals surface area contributed by atoms with Crippen LogP contribution < -0.4 is 10.6 Å². The maximum absolute atomic E-state index is 12.8. The second kappa shape index (κ2) is 9.54. The van der Waals surface area contributed by atoms with Gasteiger partial charge in [0.15, 0.2) is 0 Å². The van der Waals surface area contributed by atoms with E-state index in [2.05, 4.69) is 15.4 Å². The van der Waals surface area contributed by atoms with Gasteiger partial charge in [-0.25, -0.2) is 9.18 Å². The first-order valence-corrected chi connectivity index (χ1v) is 8.02. The zero-order chi connectivity index (χ0) is 18.1. The molecule has 1 amide bonds. The van der Waals surface area contributed by atoms with E-state index in [0.717, 1.165) is 12.0 Å². The smallest absolute Gasteiger partial charge is 0.337 e. The number of ether oxygens (including phenoxy) is 1. The molecule has 2 N–H and O–H groups in total. The Morgan fingerprint density at radius 2 is 1.68 bits per heavy atom. The lowest BCUT2D eigenvalue weighted by molar-refractivity contribution is -0.116. The fraction of sp³-hybridized carbons (Fsp3) is 0.263. The van der Waals surface area contributed by atoms with Crippen molar-refractivity contribution in [2.24, 2.45) is 0 Å². The standard InChI is InChI=1S/C19H21FN2O3/c1-25-19(24)15-4-8-17(9-5-15)22-18(23)11-13-21-12-10-14-2-6-16(20)7-3-14/h2-9,21H,10-13H2,1H3,(H,22,23). The van der Waals surface area contributed by atoms with Crippen molar-refractivity contribution in [1.82, 2.24) is 5.32 Å². The summed E-state index contributed by atoms with van der Waals surface area (Å²) >= 11 is 0. The highest BCUT2D eigenvalue weighted by Gasteiger charge is 2.06. The monoisotopic (exact) mass is 344 g/mol. The fourth-order valence-electron chi connectivity index (χ4n) is 2.24. The maximum Gasteiger partial charge on any atom is 0.337 e. The predicted molar refractivity (Wildman–Crippen MR) is 94.0 cm³/mol. The number of amides is 1. The zero-order valence-electron chi connectivity index (χ0n) is 14.0. The summed E-state index contributed by atoms with van der Waals surface area (Å²) in [6.45, 7) is 1.26. The number of hydrogen-bond acceptors (Lipinski definition) is 4. The average molecular weight is 344 g/mol. The van der Waals surface area contributed by atoms with Gasteiger partial charge in [-0.05, 0) is 54.9 Å². The van der Waals surface area contributed by atoms with Crippen LogP contribution >= 0.6 is 0 Å². The Morgan fingerprint density at radius 3 is 2.32 bits per heavy atom. The van der Waals surface area contributed by atoms with Crippen LogP contribution in [0.4, 0.5) is 10.1 Å². The predicted octanol–water partition coefficient (Wildman–Crippen LogP) is 2.77. The molecule has 0 radical (unpaired) electrons. The lowest BCUT2D eigenvalue weighted by Gasteiger charge is -2.07. The zero-order valence-corrected chi connectivity index (χ0v) is 14.0. The molecule has 0 aliphatic heterocycles. The molecule has 0 atom stereocenters. The van der Waals surface area contributed by atoms with Crippen LogP contribution in [0.15, 0.2) is 48.5 Å². The van der Waals surface area contributed by atoms with E-state index in [1.807, 2.05) is 0 Å². The summed E-state index contributed by atoms with van der Waals surface area (Å²) in [5, 5.41) is 5.95. The van der Waals surface area contributed by atoms with Gasteiger partial charge in [0.1, 0.15) is 5.82 Å². The SMILES string of the molecule is COC(=O)c1ccc(NC(=O)CCNCCc2ccc(F)cc2)cc1. The summed E-state index contributed by atoms with van der Waals surface area (Å²) in [5.74, 6) is -0.767. The van der Waals surface area contributed by atoms with Gasteiger partial charge in [-0.1, -0.05) is 12.1 Å². The molecule has 0 aliphatic carbocycles. The van der Waals surface area contributed by atoms with Crippen LogP contribution in [0.1, 0.15) is 22.3 Å². The minimum Gasteiger partial charge on any atom is -0.465 e. The molecule has 2 aromatic rings. The van der Waals surface area contributed by atoms with E-state index < -0.39 is 5.97 Å². The number of benzene rings is 2. The minimum atomic E-state index is -0.414. The fourth-order valence-corrected chi connectivity index (χ4v) is 2.24. The van der Waals surface area contributed by atoms with Crippen molar-refractivity contribution >= 4 is 17.6 Å². The number of esters is 1. The van der Waals surface area contributed by atoms with Crippen LogP contribution in [0.25, 0.3) is 0 Å². The number of halogens is 1. The van der Waals surface area contributed by atoms with Gasteiger partial charge in [-0.3, -0.25) is 4.79 Å². The molecule has 5 nitrogen and oxygen atoms in total. The summed E-state index contributed by atoms with van der Waals surface area (Å²) in [4.78, 5) is 23.2. The van der Waals surface area contributed by atoms with E-state index >= 15 is 0 Å². The summed E-state index contributed by atoms with van der Waals surface area (Å²) in [6, 6.07) is 12.9. The highest BCUT2D eigenvalue weighted by molar-refractivity contribution is 5.93. The second-order valence-electron chi connectivity index (χ2n) is 5.49. The molecule has 6 heteroatoms. The number of carbonyl (C=O) groups excluding carboxylic acids is 2. The average Bonchev–Trinajstić information content (AvgIpc) is 2.63. The molecule has 0 aromatic heterocycles. The molecule has 0 heterocycles. The third-order valence-electron chi connectivity index (χ3n) is 3.62. The van der Waals surface area contributed by atoms with Gasteiger partial charge in [0, 0.05) is 18.7 Å². The molecule has 0 unspecified atom stereocenters. The van der Waals surface area contributed by atoms with Crippen LogP contribution in [0.3, 0.4) is 0 Å². The van der Waals surface area contributed by atoms with Crippen molar-refractivity contribution in [3.63, 3.8) is 0 Å². The lowest BCUT2D eigenvalue weighted by atomic mass is 10.1. The van der Waals surface area contributed by atoms with E-state index in [1.165, 1.54) is 19.2 Å². The van der Waals surface area contributed by atoms with E-state index in [0.29, 0.717) is 30.8 Å². The number of nitrogens with one attached hydrogen (secondary N) is 2. The lowest BCUT2D eigenvalue weighted by Crippen LogP contribution is -2.23. The molecule has 0 spiro atoms. The van der Waals surface area contributed by atoms with Crippen LogP contribution in [-0.4, -0.2) is 32.1 Å². The van der Waals surface area contributed by atoms with E-state index in [1.54, 1.807) is 36.4 Å². The Bertz CT molecular complexity index is 700. The third-order valence-corrected chi connectivity index (χ3v) is 3.62. The largest absolute Gasteiger partial charge is 0.465 e. The van der Waals surface area contributed by atoms with Gasteiger partial charge in [0.25, 0.3) is 0 Å². The topological polar surface area (TPSA) is 67.4 Å². The van der Waals surface area contributed by atoms with Gasteiger partial charge >= 0.3 is 5.97 Å². The Labute approximate surface area is 146 Å². The normalized spacial score (nSPS) is 10.3. The van der Waals surface area contributed by atoms with Crippen molar-refractivity contribution in [3.8, 4) is 0 Å². The van der Waals surface area contributed by atoms with Crippen LogP contribution in [-0.2, 0) is 16.0 Å². The Hall–Kier alpha value is -2.73. The number of anilines is 1. The molecule has 0 bridgehead atoms. The number of hydrogen-bond donors (Lipinski definition) is 2. The van der Waals surface area contributed by atoms with Gasteiger partial charge in [-0.15, -0.1) is 0 Å². The van der Waals surface area contributed by atoms with E-state index in [9.17, 15) is 14.0 Å². The first-order valence-electron chi connectivity index (χ1n) is 8.02. The summed E-state index contributed by atoms with van der Waals surface area (Å²) in [5.41, 5.74) is 2.11. The Morgan fingerprint density at radius 1 is 1.00 bits per heavy atom. The van der Waals surface area contributed by atoms with Crippen LogP contribution in [0.2, 0.25) is 0 Å². The van der Waals surface area contributed by atoms with E-state index in [-0.39, 0.29) is 11.7 Å². The Kier molecular flexibility index (Phi) is 7.10. The molecular weight excluding hydrogens is 323 g/mol. The van der Waals surface area contributed by atoms with Gasteiger partial charge < -0.3 is 15.4 Å². The molecular formula is C19H21FN2O3. The minimum absolute atomic E-state index is 0.111. The van der Waals surface area contributed by atoms with Crippen LogP contribution in [0.5, 0.6) is 0 Å². The molecule has 0 fully saturated rings.